The first-order valence-electron chi connectivity index (χ1n) is 8.63. The summed E-state index contributed by atoms with van der Waals surface area (Å²) in [4.78, 5) is 3.64. The molecular formula is C20H34N2S. The predicted molar refractivity (Wildman–Crippen MR) is 105 cm³/mol. The molecule has 2 nitrogen and oxygen atoms in total. The third-order valence-corrected chi connectivity index (χ3v) is 5.05. The van der Waals surface area contributed by atoms with Crippen molar-refractivity contribution in [2.75, 3.05) is 13.6 Å². The van der Waals surface area contributed by atoms with E-state index in [0.717, 1.165) is 18.7 Å². The van der Waals surface area contributed by atoms with Crippen LogP contribution in [0.1, 0.15) is 59.4 Å². The Morgan fingerprint density at radius 2 is 1.65 bits per heavy atom. The summed E-state index contributed by atoms with van der Waals surface area (Å²) in [6.07, 6.45) is 0.964. The highest BCUT2D eigenvalue weighted by atomic mass is 32.2. The van der Waals surface area contributed by atoms with Crippen molar-refractivity contribution in [1.29, 1.82) is 0 Å². The summed E-state index contributed by atoms with van der Waals surface area (Å²) < 4.78 is 0. The molecule has 0 aliphatic heterocycles. The standard InChI is InChI=1S/C20H34N2S/c1-14(2)12-20(21)17(6)22(7)13-16(5)18-8-10-19(11-9-18)23-15(3)4/h8-11,14-16H,12-13,21H2,1-7H3/b20-17-. The monoisotopic (exact) mass is 334 g/mol. The quantitative estimate of drug-likeness (QED) is 0.640. The Bertz CT molecular complexity index is 503. The second-order valence-electron chi connectivity index (χ2n) is 7.23. The fourth-order valence-electron chi connectivity index (χ4n) is 2.63. The summed E-state index contributed by atoms with van der Waals surface area (Å²) in [5.74, 6) is 1.08. The summed E-state index contributed by atoms with van der Waals surface area (Å²) in [6.45, 7) is 14.3. The fourth-order valence-corrected chi connectivity index (χ4v) is 3.47. The zero-order chi connectivity index (χ0) is 17.6. The van der Waals surface area contributed by atoms with Crippen LogP contribution in [0.2, 0.25) is 0 Å². The number of benzene rings is 1. The normalized spacial score (nSPS) is 14.1. The van der Waals surface area contributed by atoms with Crippen LogP contribution in [0, 0.1) is 5.92 Å². The Morgan fingerprint density at radius 1 is 1.09 bits per heavy atom. The van der Waals surface area contributed by atoms with Crippen LogP contribution in [0.4, 0.5) is 0 Å². The average Bonchev–Trinajstić information content (AvgIpc) is 2.45. The van der Waals surface area contributed by atoms with Crippen LogP contribution in [0.5, 0.6) is 0 Å². The lowest BCUT2D eigenvalue weighted by Gasteiger charge is -2.26. The highest BCUT2D eigenvalue weighted by Gasteiger charge is 2.12. The van der Waals surface area contributed by atoms with Gasteiger partial charge in [-0.2, -0.15) is 0 Å². The van der Waals surface area contributed by atoms with Crippen LogP contribution in [0.15, 0.2) is 40.6 Å². The minimum Gasteiger partial charge on any atom is -0.401 e. The van der Waals surface area contributed by atoms with Gasteiger partial charge in [-0.3, -0.25) is 0 Å². The number of thioether (sulfide) groups is 1. The Balaban J connectivity index is 2.69. The molecule has 0 fully saturated rings. The van der Waals surface area contributed by atoms with Gasteiger partial charge in [-0.05, 0) is 42.9 Å². The molecule has 130 valence electrons. The molecule has 0 aromatic heterocycles. The molecule has 2 N–H and O–H groups in total. The van der Waals surface area contributed by atoms with Crippen LogP contribution in [0.25, 0.3) is 0 Å². The first-order chi connectivity index (χ1) is 10.7. The Morgan fingerprint density at radius 3 is 2.13 bits per heavy atom. The second-order valence-corrected chi connectivity index (χ2v) is 8.88. The molecule has 0 aliphatic carbocycles. The number of likely N-dealkylation sites (N-methyl/N-ethyl adjacent to an activating group) is 1. The maximum Gasteiger partial charge on any atom is 0.0289 e. The maximum atomic E-state index is 6.23. The van der Waals surface area contributed by atoms with Crippen molar-refractivity contribution in [2.24, 2.45) is 11.7 Å². The molecule has 1 unspecified atom stereocenters. The highest BCUT2D eigenvalue weighted by molar-refractivity contribution is 7.99. The van der Waals surface area contributed by atoms with E-state index in [4.69, 9.17) is 5.73 Å². The van der Waals surface area contributed by atoms with Crippen molar-refractivity contribution in [1.82, 2.24) is 4.90 Å². The van der Waals surface area contributed by atoms with Crippen LogP contribution >= 0.6 is 11.8 Å². The van der Waals surface area contributed by atoms with Gasteiger partial charge in [0.15, 0.2) is 0 Å². The molecule has 23 heavy (non-hydrogen) atoms. The van der Waals surface area contributed by atoms with Gasteiger partial charge in [0.25, 0.3) is 0 Å². The molecule has 1 aromatic rings. The topological polar surface area (TPSA) is 29.3 Å². The zero-order valence-corrected chi connectivity index (χ0v) is 16.7. The van der Waals surface area contributed by atoms with Crippen LogP contribution < -0.4 is 5.73 Å². The van der Waals surface area contributed by atoms with Gasteiger partial charge in [0.05, 0.1) is 0 Å². The molecule has 0 bridgehead atoms. The lowest BCUT2D eigenvalue weighted by Crippen LogP contribution is -2.25. The minimum absolute atomic E-state index is 0.486. The van der Waals surface area contributed by atoms with Crippen molar-refractivity contribution < 1.29 is 0 Å². The molecule has 0 amide bonds. The van der Waals surface area contributed by atoms with E-state index in [9.17, 15) is 0 Å². The molecule has 0 radical (unpaired) electrons. The molecule has 1 atom stereocenters. The molecule has 0 saturated carbocycles. The van der Waals surface area contributed by atoms with Crippen molar-refractivity contribution >= 4 is 11.8 Å². The zero-order valence-electron chi connectivity index (χ0n) is 15.9. The van der Waals surface area contributed by atoms with Crippen LogP contribution in [-0.4, -0.2) is 23.7 Å². The van der Waals surface area contributed by atoms with Crippen LogP contribution in [-0.2, 0) is 0 Å². The van der Waals surface area contributed by atoms with E-state index in [-0.39, 0.29) is 0 Å². The Hall–Kier alpha value is -1.09. The number of nitrogens with two attached hydrogens (primary N) is 1. The summed E-state index contributed by atoms with van der Waals surface area (Å²) in [6, 6.07) is 9.01. The van der Waals surface area contributed by atoms with Gasteiger partial charge < -0.3 is 10.6 Å². The third-order valence-electron chi connectivity index (χ3n) is 4.03. The largest absolute Gasteiger partial charge is 0.401 e. The van der Waals surface area contributed by atoms with E-state index >= 15 is 0 Å². The molecule has 1 aromatic carbocycles. The van der Waals surface area contributed by atoms with Gasteiger partial charge in [0.1, 0.15) is 0 Å². The molecule has 0 spiro atoms. The molecule has 0 aliphatic rings. The predicted octanol–water partition coefficient (Wildman–Crippen LogP) is 5.46. The molecule has 1 rings (SSSR count). The van der Waals surface area contributed by atoms with E-state index in [2.05, 4.69) is 77.8 Å². The Kier molecular flexibility index (Phi) is 8.04. The maximum absolute atomic E-state index is 6.23. The average molecular weight is 335 g/mol. The first-order valence-corrected chi connectivity index (χ1v) is 9.51. The van der Waals surface area contributed by atoms with Gasteiger partial charge in [-0.1, -0.05) is 46.8 Å². The molecular weight excluding hydrogens is 300 g/mol. The first kappa shape index (κ1) is 20.0. The number of rotatable bonds is 8. The van der Waals surface area contributed by atoms with E-state index in [1.54, 1.807) is 0 Å². The van der Waals surface area contributed by atoms with E-state index in [0.29, 0.717) is 17.1 Å². The minimum atomic E-state index is 0.486. The third kappa shape index (κ3) is 6.90. The molecule has 0 saturated heterocycles. The SMILES string of the molecule is C/C(=C(/N)CC(C)C)N(C)CC(C)c1ccc(SC(C)C)cc1. The second kappa shape index (κ2) is 9.27. The van der Waals surface area contributed by atoms with Gasteiger partial charge in [0.2, 0.25) is 0 Å². The van der Waals surface area contributed by atoms with Gasteiger partial charge in [-0.25, -0.2) is 0 Å². The van der Waals surface area contributed by atoms with Crippen molar-refractivity contribution in [3.63, 3.8) is 0 Å². The smallest absolute Gasteiger partial charge is 0.0289 e. The summed E-state index contributed by atoms with van der Waals surface area (Å²) >= 11 is 1.91. The lowest BCUT2D eigenvalue weighted by atomic mass is 10.0. The van der Waals surface area contributed by atoms with Gasteiger partial charge in [-0.15, -0.1) is 11.8 Å². The fraction of sp³-hybridized carbons (Fsp3) is 0.600. The highest BCUT2D eigenvalue weighted by Crippen LogP contribution is 2.26. The molecule has 3 heteroatoms. The summed E-state index contributed by atoms with van der Waals surface area (Å²) in [7, 11) is 2.14. The van der Waals surface area contributed by atoms with E-state index < -0.39 is 0 Å². The van der Waals surface area contributed by atoms with Crippen molar-refractivity contribution in [3.05, 3.63) is 41.2 Å². The molecule has 0 heterocycles. The lowest BCUT2D eigenvalue weighted by molar-refractivity contribution is 0.384. The number of allylic oxidation sites excluding steroid dienone is 2. The van der Waals surface area contributed by atoms with E-state index in [1.165, 1.54) is 16.2 Å². The van der Waals surface area contributed by atoms with Crippen molar-refractivity contribution in [2.45, 2.75) is 64.0 Å². The summed E-state index contributed by atoms with van der Waals surface area (Å²) in [5, 5.41) is 0.626. The van der Waals surface area contributed by atoms with Crippen molar-refractivity contribution in [3.8, 4) is 0 Å². The van der Waals surface area contributed by atoms with E-state index in [1.807, 2.05) is 11.8 Å². The van der Waals surface area contributed by atoms with Crippen LogP contribution in [0.3, 0.4) is 0 Å². The van der Waals surface area contributed by atoms with Gasteiger partial charge in [0, 0.05) is 35.1 Å². The number of hydrogen-bond donors (Lipinski definition) is 1. The number of hydrogen-bond acceptors (Lipinski definition) is 3. The Labute approximate surface area is 147 Å². The number of nitrogens with zero attached hydrogens (tertiary/aromatic N) is 1. The van der Waals surface area contributed by atoms with Gasteiger partial charge >= 0.3 is 0 Å². The summed E-state index contributed by atoms with van der Waals surface area (Å²) in [5.41, 5.74) is 9.84.